The van der Waals surface area contributed by atoms with Crippen LogP contribution < -0.4 is 16.3 Å². The summed E-state index contributed by atoms with van der Waals surface area (Å²) in [5, 5.41) is 12.6. The Balaban J connectivity index is 1.67. The zero-order valence-corrected chi connectivity index (χ0v) is 15.1. The number of carbonyl (C=O) groups excluding carboxylic acids is 2. The van der Waals surface area contributed by atoms with Crippen LogP contribution in [0.3, 0.4) is 0 Å². The number of hydrogen-bond donors (Lipinski definition) is 2. The third kappa shape index (κ3) is 4.58. The molecular weight excluding hydrogens is 360 g/mol. The Morgan fingerprint density at radius 1 is 1.04 bits per heavy atom. The zero-order chi connectivity index (χ0) is 19.9. The number of nitrogens with one attached hydrogen (secondary N) is 2. The highest BCUT2D eigenvalue weighted by Gasteiger charge is 2.11. The Hall–Kier alpha value is -4.01. The van der Waals surface area contributed by atoms with E-state index < -0.39 is 5.69 Å². The van der Waals surface area contributed by atoms with Crippen molar-refractivity contribution in [1.29, 1.82) is 0 Å². The fourth-order valence-corrected chi connectivity index (χ4v) is 2.36. The highest BCUT2D eigenvalue weighted by Crippen LogP contribution is 2.11. The Morgan fingerprint density at radius 2 is 1.75 bits per heavy atom. The SMILES string of the molecule is CNC(=O)Cn1nnn(-c2ccc(NC(=O)C=Cc3ccccc3)cc2)c1=O. The summed E-state index contributed by atoms with van der Waals surface area (Å²) < 4.78 is 2.03. The highest BCUT2D eigenvalue weighted by molar-refractivity contribution is 6.01. The van der Waals surface area contributed by atoms with Crippen LogP contribution in [0, 0.1) is 0 Å². The molecule has 9 heteroatoms. The average molecular weight is 378 g/mol. The summed E-state index contributed by atoms with van der Waals surface area (Å²) in [5.41, 5.74) is 1.42. The summed E-state index contributed by atoms with van der Waals surface area (Å²) in [4.78, 5) is 35.6. The van der Waals surface area contributed by atoms with Gasteiger partial charge in [0.2, 0.25) is 11.8 Å². The molecule has 0 spiro atoms. The van der Waals surface area contributed by atoms with Crippen molar-refractivity contribution in [3.63, 3.8) is 0 Å². The first-order valence-electron chi connectivity index (χ1n) is 8.45. The van der Waals surface area contributed by atoms with Gasteiger partial charge < -0.3 is 10.6 Å². The normalized spacial score (nSPS) is 10.8. The van der Waals surface area contributed by atoms with E-state index in [-0.39, 0.29) is 18.4 Å². The van der Waals surface area contributed by atoms with Crippen LogP contribution in [0.4, 0.5) is 5.69 Å². The molecule has 0 radical (unpaired) electrons. The van der Waals surface area contributed by atoms with Crippen LogP contribution in [0.15, 0.2) is 65.5 Å². The van der Waals surface area contributed by atoms with Gasteiger partial charge in [0.05, 0.1) is 5.69 Å². The maximum Gasteiger partial charge on any atom is 0.368 e. The molecule has 0 aliphatic rings. The molecule has 0 saturated heterocycles. The van der Waals surface area contributed by atoms with Crippen molar-refractivity contribution in [1.82, 2.24) is 25.1 Å². The maximum absolute atomic E-state index is 12.2. The fraction of sp³-hybridized carbons (Fsp3) is 0.105. The molecule has 142 valence electrons. The van der Waals surface area contributed by atoms with Crippen LogP contribution >= 0.6 is 0 Å². The van der Waals surface area contributed by atoms with Gasteiger partial charge in [-0.15, -0.1) is 0 Å². The van der Waals surface area contributed by atoms with Crippen LogP contribution in [0.5, 0.6) is 0 Å². The summed E-state index contributed by atoms with van der Waals surface area (Å²) in [6.45, 7) is -0.211. The average Bonchev–Trinajstić information content (AvgIpc) is 3.08. The lowest BCUT2D eigenvalue weighted by atomic mass is 10.2. The third-order valence-corrected chi connectivity index (χ3v) is 3.82. The van der Waals surface area contributed by atoms with Crippen LogP contribution in [0.1, 0.15) is 5.56 Å². The van der Waals surface area contributed by atoms with E-state index in [1.807, 2.05) is 30.3 Å². The number of carbonyl (C=O) groups is 2. The van der Waals surface area contributed by atoms with Gasteiger partial charge in [-0.05, 0) is 46.3 Å². The molecule has 3 rings (SSSR count). The monoisotopic (exact) mass is 378 g/mol. The van der Waals surface area contributed by atoms with Crippen molar-refractivity contribution >= 4 is 23.6 Å². The summed E-state index contributed by atoms with van der Waals surface area (Å²) in [7, 11) is 1.47. The van der Waals surface area contributed by atoms with Gasteiger partial charge in [-0.2, -0.15) is 9.36 Å². The molecular formula is C19H18N6O3. The van der Waals surface area contributed by atoms with Crippen molar-refractivity contribution in [2.24, 2.45) is 0 Å². The first-order chi connectivity index (χ1) is 13.6. The van der Waals surface area contributed by atoms with Gasteiger partial charge in [0.25, 0.3) is 0 Å². The van der Waals surface area contributed by atoms with Crippen molar-refractivity contribution in [3.05, 3.63) is 76.7 Å². The summed E-state index contributed by atoms with van der Waals surface area (Å²) in [6.07, 6.45) is 3.16. The van der Waals surface area contributed by atoms with E-state index in [9.17, 15) is 14.4 Å². The summed E-state index contributed by atoms with van der Waals surface area (Å²) >= 11 is 0. The van der Waals surface area contributed by atoms with Gasteiger partial charge in [0.15, 0.2) is 0 Å². The predicted molar refractivity (Wildman–Crippen MR) is 104 cm³/mol. The second-order valence-electron chi connectivity index (χ2n) is 5.78. The van der Waals surface area contributed by atoms with E-state index in [4.69, 9.17) is 0 Å². The second-order valence-corrected chi connectivity index (χ2v) is 5.78. The lowest BCUT2D eigenvalue weighted by molar-refractivity contribution is -0.121. The molecule has 9 nitrogen and oxygen atoms in total. The number of amides is 2. The molecule has 2 amide bonds. The van der Waals surface area contributed by atoms with Crippen molar-refractivity contribution in [2.45, 2.75) is 6.54 Å². The van der Waals surface area contributed by atoms with Crippen molar-refractivity contribution < 1.29 is 9.59 Å². The molecule has 3 aromatic rings. The highest BCUT2D eigenvalue weighted by atomic mass is 16.2. The van der Waals surface area contributed by atoms with E-state index in [1.54, 1.807) is 30.3 Å². The molecule has 0 unspecified atom stereocenters. The van der Waals surface area contributed by atoms with E-state index in [0.29, 0.717) is 11.4 Å². The summed E-state index contributed by atoms with van der Waals surface area (Å²) in [5.74, 6) is -0.624. The number of aromatic nitrogens is 4. The van der Waals surface area contributed by atoms with E-state index in [0.717, 1.165) is 14.9 Å². The fourth-order valence-electron chi connectivity index (χ4n) is 2.36. The molecule has 1 heterocycles. The lowest BCUT2D eigenvalue weighted by Gasteiger charge is -2.04. The van der Waals surface area contributed by atoms with Crippen LogP contribution in [0.2, 0.25) is 0 Å². The van der Waals surface area contributed by atoms with Gasteiger partial charge >= 0.3 is 5.69 Å². The van der Waals surface area contributed by atoms with Gasteiger partial charge in [-0.1, -0.05) is 30.3 Å². The summed E-state index contributed by atoms with van der Waals surface area (Å²) in [6, 6.07) is 16.0. The van der Waals surface area contributed by atoms with E-state index in [1.165, 1.54) is 13.1 Å². The predicted octanol–water partition coefficient (Wildman–Crippen LogP) is 0.827. The molecule has 0 saturated carbocycles. The largest absolute Gasteiger partial charge is 0.368 e. The third-order valence-electron chi connectivity index (χ3n) is 3.82. The van der Waals surface area contributed by atoms with Crippen LogP contribution in [-0.2, 0) is 16.1 Å². The number of anilines is 1. The Morgan fingerprint density at radius 3 is 2.43 bits per heavy atom. The van der Waals surface area contributed by atoms with Gasteiger partial charge in [-0.3, -0.25) is 9.59 Å². The van der Waals surface area contributed by atoms with Gasteiger partial charge in [0.1, 0.15) is 6.54 Å². The zero-order valence-electron chi connectivity index (χ0n) is 15.1. The standard InChI is InChI=1S/C19H18N6O3/c1-20-18(27)13-24-19(28)25(23-22-24)16-10-8-15(9-11-16)21-17(26)12-7-14-5-3-2-4-6-14/h2-12H,13H2,1H3,(H,20,27)(H,21,26). The molecule has 2 N–H and O–H groups in total. The van der Waals surface area contributed by atoms with Gasteiger partial charge in [0, 0.05) is 18.8 Å². The smallest absolute Gasteiger partial charge is 0.358 e. The quantitative estimate of drug-likeness (QED) is 0.617. The van der Waals surface area contributed by atoms with Gasteiger partial charge in [-0.25, -0.2) is 4.79 Å². The van der Waals surface area contributed by atoms with Crippen molar-refractivity contribution in [2.75, 3.05) is 12.4 Å². The van der Waals surface area contributed by atoms with Crippen LogP contribution in [-0.4, -0.2) is 38.7 Å². The number of tetrazole rings is 1. The molecule has 1 aromatic heterocycles. The molecule has 0 fully saturated rings. The minimum absolute atomic E-state index is 0.211. The lowest BCUT2D eigenvalue weighted by Crippen LogP contribution is -2.31. The molecule has 2 aromatic carbocycles. The Labute approximate surface area is 160 Å². The first-order valence-corrected chi connectivity index (χ1v) is 8.45. The minimum Gasteiger partial charge on any atom is -0.358 e. The number of likely N-dealkylation sites (N-methyl/N-ethyl adjacent to an activating group) is 1. The Kier molecular flexibility index (Phi) is 5.75. The molecule has 28 heavy (non-hydrogen) atoms. The van der Waals surface area contributed by atoms with Crippen LogP contribution in [0.25, 0.3) is 11.8 Å². The molecule has 0 aliphatic heterocycles. The second kappa shape index (κ2) is 8.58. The molecule has 0 aliphatic carbocycles. The Bertz CT molecular complexity index is 1050. The van der Waals surface area contributed by atoms with E-state index >= 15 is 0 Å². The maximum atomic E-state index is 12.2. The van der Waals surface area contributed by atoms with E-state index in [2.05, 4.69) is 21.1 Å². The topological polar surface area (TPSA) is 111 Å². The number of nitrogens with zero attached hydrogens (tertiary/aromatic N) is 4. The minimum atomic E-state index is -0.536. The number of benzene rings is 2. The number of hydrogen-bond acceptors (Lipinski definition) is 5. The molecule has 0 bridgehead atoms. The number of rotatable bonds is 6. The van der Waals surface area contributed by atoms with Crippen molar-refractivity contribution in [3.8, 4) is 5.69 Å². The first kappa shape index (κ1) is 18.8. The molecule has 0 atom stereocenters.